The Labute approximate surface area is 145 Å². The van der Waals surface area contributed by atoms with Crippen LogP contribution in [0.4, 0.5) is 0 Å². The van der Waals surface area contributed by atoms with Crippen LogP contribution >= 0.6 is 0 Å². The summed E-state index contributed by atoms with van der Waals surface area (Å²) in [5.74, 6) is 1.90. The molecular formula is C21H40O2. The molecule has 0 saturated heterocycles. The molecule has 0 unspecified atom stereocenters. The van der Waals surface area contributed by atoms with Crippen LogP contribution in [-0.2, 0) is 11.4 Å². The van der Waals surface area contributed by atoms with Crippen molar-refractivity contribution in [1.82, 2.24) is 0 Å². The molecule has 0 atom stereocenters. The third kappa shape index (κ3) is 38.6. The zero-order valence-electron chi connectivity index (χ0n) is 16.9. The molecule has 136 valence electrons. The van der Waals surface area contributed by atoms with Crippen molar-refractivity contribution in [3.05, 3.63) is 35.4 Å². The number of carbonyl (C=O) groups excluding carboxylic acids is 1. The number of hydrogen-bond acceptors (Lipinski definition) is 2. The summed E-state index contributed by atoms with van der Waals surface area (Å²) in [5.41, 5.74) is 2.18. The van der Waals surface area contributed by atoms with Gasteiger partial charge in [-0.2, -0.15) is 0 Å². The average molecular weight is 325 g/mol. The maximum absolute atomic E-state index is 9.44. The van der Waals surface area contributed by atoms with E-state index in [1.165, 1.54) is 32.3 Å². The highest BCUT2D eigenvalue weighted by Gasteiger charge is 1.87. The molecule has 0 aliphatic rings. The summed E-state index contributed by atoms with van der Waals surface area (Å²) in [6.07, 6.45) is 2.71. The van der Waals surface area contributed by atoms with Crippen LogP contribution in [0.5, 0.6) is 0 Å². The Balaban J connectivity index is -0.000000251. The quantitative estimate of drug-likeness (QED) is 0.720. The third-order valence-corrected chi connectivity index (χ3v) is 2.13. The topological polar surface area (TPSA) is 37.3 Å². The van der Waals surface area contributed by atoms with Gasteiger partial charge in [-0.3, -0.25) is 0 Å². The molecule has 0 spiro atoms. The number of benzene rings is 1. The van der Waals surface area contributed by atoms with Crippen molar-refractivity contribution < 1.29 is 9.90 Å². The van der Waals surface area contributed by atoms with Crippen LogP contribution < -0.4 is 0 Å². The lowest BCUT2D eigenvalue weighted by Crippen LogP contribution is -1.81. The summed E-state index contributed by atoms with van der Waals surface area (Å²) in [6, 6.07) is 7.84. The second-order valence-corrected chi connectivity index (χ2v) is 6.97. The lowest BCUT2D eigenvalue weighted by molar-refractivity contribution is -0.114. The van der Waals surface area contributed by atoms with Gasteiger partial charge in [0.25, 0.3) is 0 Å². The molecule has 0 radical (unpaired) electrons. The van der Waals surface area contributed by atoms with E-state index >= 15 is 0 Å². The Hall–Kier alpha value is -1.15. The van der Waals surface area contributed by atoms with Gasteiger partial charge >= 0.3 is 0 Å². The van der Waals surface area contributed by atoms with Gasteiger partial charge in [-0.25, -0.2) is 0 Å². The van der Waals surface area contributed by atoms with E-state index < -0.39 is 0 Å². The molecule has 1 rings (SSSR count). The lowest BCUT2D eigenvalue weighted by Gasteiger charge is -1.95. The van der Waals surface area contributed by atoms with Gasteiger partial charge in [-0.05, 0) is 38.2 Å². The first kappa shape index (κ1) is 26.7. The lowest BCUT2D eigenvalue weighted by atomic mass is 10.1. The van der Waals surface area contributed by atoms with E-state index in [-0.39, 0.29) is 12.4 Å². The molecule has 0 bridgehead atoms. The maximum Gasteiger partial charge on any atom is 0.126 e. The van der Waals surface area contributed by atoms with Crippen LogP contribution in [0.25, 0.3) is 0 Å². The van der Waals surface area contributed by atoms with E-state index in [4.69, 9.17) is 5.11 Å². The van der Waals surface area contributed by atoms with Crippen molar-refractivity contribution in [3.8, 4) is 0 Å². The highest BCUT2D eigenvalue weighted by Crippen LogP contribution is 2.02. The first-order valence-corrected chi connectivity index (χ1v) is 8.70. The van der Waals surface area contributed by atoms with Crippen LogP contribution in [0.15, 0.2) is 24.3 Å². The summed E-state index contributed by atoms with van der Waals surface area (Å²) in [7, 11) is 0. The number of aryl methyl sites for hydroxylation is 1. The summed E-state index contributed by atoms with van der Waals surface area (Å²) in [6.45, 7) is 18.4. The highest BCUT2D eigenvalue weighted by molar-refractivity contribution is 5.72. The Morgan fingerprint density at radius 2 is 1.52 bits per heavy atom. The van der Waals surface area contributed by atoms with Gasteiger partial charge in [0.15, 0.2) is 0 Å². The molecule has 2 heteroatoms. The number of Topliss-reactive ketones (excluding diaryl/α,β-unsaturated/α-hetero) is 1. The predicted octanol–water partition coefficient (Wildman–Crippen LogP) is 6.19. The Bertz CT molecular complexity index is 361. The van der Waals surface area contributed by atoms with Crippen LogP contribution in [0.2, 0.25) is 0 Å². The number of rotatable bonds is 3. The fourth-order valence-electron chi connectivity index (χ4n) is 1.39. The molecular weight excluding hydrogens is 284 g/mol. The van der Waals surface area contributed by atoms with E-state index in [2.05, 4.69) is 41.5 Å². The molecule has 23 heavy (non-hydrogen) atoms. The largest absolute Gasteiger partial charge is 0.392 e. The minimum absolute atomic E-state index is 0.141. The predicted molar refractivity (Wildman–Crippen MR) is 104 cm³/mol. The van der Waals surface area contributed by atoms with Crippen LogP contribution in [0.1, 0.15) is 79.4 Å². The van der Waals surface area contributed by atoms with Crippen LogP contribution in [0, 0.1) is 18.8 Å². The second-order valence-electron chi connectivity index (χ2n) is 6.97. The smallest absolute Gasteiger partial charge is 0.126 e. The second kappa shape index (κ2) is 18.9. The molecule has 0 heterocycles. The summed E-state index contributed by atoms with van der Waals surface area (Å²) >= 11 is 0. The van der Waals surface area contributed by atoms with E-state index in [0.29, 0.717) is 0 Å². The van der Waals surface area contributed by atoms with E-state index in [1.807, 2.05) is 31.2 Å². The summed E-state index contributed by atoms with van der Waals surface area (Å²) in [4.78, 5) is 9.44. The van der Waals surface area contributed by atoms with Gasteiger partial charge in [0, 0.05) is 0 Å². The first-order chi connectivity index (χ1) is 10.6. The highest BCUT2D eigenvalue weighted by atomic mass is 16.3. The zero-order chi connectivity index (χ0) is 18.8. The molecule has 0 aliphatic heterocycles. The SMILES string of the molecule is CC(C)=O.CC(C)C.CCCC(C)C.Cc1cccc(CO)c1. The molecule has 1 aromatic rings. The molecule has 1 aromatic carbocycles. The number of carbonyl (C=O) groups is 1. The van der Waals surface area contributed by atoms with E-state index in [0.717, 1.165) is 17.4 Å². The fourth-order valence-corrected chi connectivity index (χ4v) is 1.39. The number of aliphatic hydroxyl groups is 1. The van der Waals surface area contributed by atoms with Crippen molar-refractivity contribution in [2.75, 3.05) is 0 Å². The average Bonchev–Trinajstić information content (AvgIpc) is 2.37. The fraction of sp³-hybridized carbons (Fsp3) is 0.667. The Morgan fingerprint density at radius 1 is 1.09 bits per heavy atom. The molecule has 0 saturated carbocycles. The number of aliphatic hydroxyl groups excluding tert-OH is 1. The monoisotopic (exact) mass is 324 g/mol. The number of hydrogen-bond donors (Lipinski definition) is 1. The van der Waals surface area contributed by atoms with Gasteiger partial charge in [0.1, 0.15) is 5.78 Å². The van der Waals surface area contributed by atoms with Gasteiger partial charge in [-0.1, -0.05) is 84.2 Å². The summed E-state index contributed by atoms with van der Waals surface area (Å²) in [5, 5.41) is 8.66. The van der Waals surface area contributed by atoms with Gasteiger partial charge in [-0.15, -0.1) is 0 Å². The Kier molecular flexibility index (Phi) is 22.0. The van der Waals surface area contributed by atoms with Crippen molar-refractivity contribution >= 4 is 5.78 Å². The third-order valence-electron chi connectivity index (χ3n) is 2.13. The standard InChI is InChI=1S/C8H10O.C6H14.C4H10.C3H6O/c1-7-3-2-4-8(5-7)6-9;1-4-5-6(2)3;1-4(2)3;1-3(2)4/h2-5,9H,6H2,1H3;6H,4-5H2,1-3H3;4H,1-3H3;1-2H3. The minimum Gasteiger partial charge on any atom is -0.392 e. The maximum atomic E-state index is 9.44. The molecule has 0 aromatic heterocycles. The van der Waals surface area contributed by atoms with Crippen molar-refractivity contribution in [1.29, 1.82) is 0 Å². The van der Waals surface area contributed by atoms with Crippen molar-refractivity contribution in [2.24, 2.45) is 11.8 Å². The normalized spacial score (nSPS) is 9.04. The van der Waals surface area contributed by atoms with Crippen LogP contribution in [-0.4, -0.2) is 10.9 Å². The van der Waals surface area contributed by atoms with E-state index in [9.17, 15) is 4.79 Å². The molecule has 1 N–H and O–H groups in total. The van der Waals surface area contributed by atoms with Gasteiger partial charge in [0.2, 0.25) is 0 Å². The van der Waals surface area contributed by atoms with Gasteiger partial charge in [0.05, 0.1) is 6.61 Å². The number of ketones is 1. The van der Waals surface area contributed by atoms with E-state index in [1.54, 1.807) is 0 Å². The first-order valence-electron chi connectivity index (χ1n) is 8.70. The van der Waals surface area contributed by atoms with Crippen LogP contribution in [0.3, 0.4) is 0 Å². The Morgan fingerprint density at radius 3 is 1.70 bits per heavy atom. The molecule has 0 amide bonds. The molecule has 2 nitrogen and oxygen atoms in total. The van der Waals surface area contributed by atoms with Gasteiger partial charge < -0.3 is 9.90 Å². The zero-order valence-corrected chi connectivity index (χ0v) is 16.9. The summed E-state index contributed by atoms with van der Waals surface area (Å²) < 4.78 is 0. The van der Waals surface area contributed by atoms with Crippen molar-refractivity contribution in [3.63, 3.8) is 0 Å². The minimum atomic E-state index is 0.141. The molecule has 0 fully saturated rings. The van der Waals surface area contributed by atoms with Crippen molar-refractivity contribution in [2.45, 2.75) is 81.8 Å². The molecule has 0 aliphatic carbocycles.